The van der Waals surface area contributed by atoms with E-state index in [4.69, 9.17) is 26.3 Å². The number of fused-ring (bicyclic) bond motifs is 2. The monoisotopic (exact) mass is 886 g/mol. The van der Waals surface area contributed by atoms with Gasteiger partial charge in [-0.1, -0.05) is 29.8 Å². The molecular weight excluding hydrogens is 843 g/mol. The van der Waals surface area contributed by atoms with E-state index in [-0.39, 0.29) is 17.9 Å². The van der Waals surface area contributed by atoms with Crippen molar-refractivity contribution < 1.29 is 27.1 Å². The summed E-state index contributed by atoms with van der Waals surface area (Å²) in [5.41, 5.74) is 5.22. The predicted octanol–water partition coefficient (Wildman–Crippen LogP) is 3.72. The summed E-state index contributed by atoms with van der Waals surface area (Å²) < 4.78 is 45.5. The minimum Gasteiger partial charge on any atom is -0.481 e. The number of methoxy groups -OCH3 is 2. The lowest BCUT2D eigenvalue weighted by Crippen LogP contribution is -2.43. The highest BCUT2D eigenvalue weighted by molar-refractivity contribution is 7.86. The van der Waals surface area contributed by atoms with Gasteiger partial charge in [-0.3, -0.25) is 24.3 Å². The van der Waals surface area contributed by atoms with Gasteiger partial charge in [0.15, 0.2) is 5.82 Å². The van der Waals surface area contributed by atoms with E-state index < -0.39 is 10.1 Å². The number of aromatic amines is 1. The third-order valence-electron chi connectivity index (χ3n) is 8.14. The maximum Gasteiger partial charge on any atom is 0.295 e. The van der Waals surface area contributed by atoms with Gasteiger partial charge in [0.2, 0.25) is 30.0 Å². The molecule has 0 radical (unpaired) electrons. The van der Waals surface area contributed by atoms with Gasteiger partial charge in [-0.05, 0) is 37.8 Å². The number of nitrogen functional groups attached to an aromatic ring is 1. The molecule has 0 bridgehead atoms. The van der Waals surface area contributed by atoms with E-state index in [9.17, 15) is 13.2 Å². The van der Waals surface area contributed by atoms with Crippen LogP contribution in [0.3, 0.4) is 0 Å². The maximum atomic E-state index is 11.2. The highest BCUT2D eigenvalue weighted by Crippen LogP contribution is 2.22. The molecule has 8 heterocycles. The Labute approximate surface area is 367 Å². The Morgan fingerprint density at radius 3 is 1.83 bits per heavy atom. The van der Waals surface area contributed by atoms with Gasteiger partial charge < -0.3 is 14.5 Å². The number of terminal acetylenes is 1. The molecule has 64 heavy (non-hydrogen) atoms. The first-order valence-corrected chi connectivity index (χ1v) is 19.7. The maximum absolute atomic E-state index is 11.2. The number of nitrogens with two attached hydrogens (primary N) is 1. The molecule has 22 heteroatoms. The second-order valence-corrected chi connectivity index (χ2v) is 14.0. The lowest BCUT2D eigenvalue weighted by Gasteiger charge is -2.07. The van der Waals surface area contributed by atoms with Gasteiger partial charge in [-0.15, -0.1) is 6.42 Å². The fraction of sp³-hybridized carbons (Fsp3) is 0.143. The van der Waals surface area contributed by atoms with Crippen LogP contribution in [0.5, 0.6) is 11.8 Å². The van der Waals surface area contributed by atoms with Crippen molar-refractivity contribution in [2.45, 2.75) is 33.1 Å². The van der Waals surface area contributed by atoms with Gasteiger partial charge >= 0.3 is 0 Å². The van der Waals surface area contributed by atoms with Crippen LogP contribution in [0.25, 0.3) is 33.8 Å². The van der Waals surface area contributed by atoms with Crippen molar-refractivity contribution in [3.8, 4) is 46.9 Å². The fourth-order valence-electron chi connectivity index (χ4n) is 5.55. The summed E-state index contributed by atoms with van der Waals surface area (Å²) in [6.45, 7) is 5.22. The zero-order valence-electron chi connectivity index (χ0n) is 34.4. The zero-order chi connectivity index (χ0) is 45.4. The number of benzene rings is 1. The fourth-order valence-corrected chi connectivity index (χ4v) is 6.48. The number of rotatable bonds is 5. The standard InChI is InChI=1S/C11H9N5O.C10H7N5O.C9H12O3S.C7H6N2O.C4H6N3.CH4/c1-17-10-2-3-13-11(15-10)8-6-14-16-5-4-12-7-9(8)16;16-9-1-2-12-10(14-9)7-5-13-15-4-3-11-6-8(7)15;1-6-4-7(2)9(8(3)5-6)13(10,11)12;1-3-6-8-5-4-7(9-6)10-2;5-7-3-1-6-2-4-7;/h2-7H,1H3;1-6H,(H,12,14,16);4-5H,1-3H3,(H,10,11,12);1,4-5H,2H3;1-4H,(H2,5,6);1H4/q;;;;+1;. The molecule has 0 spiro atoms. The normalized spacial score (nSPS) is 10.1. The lowest BCUT2D eigenvalue weighted by atomic mass is 10.1. The van der Waals surface area contributed by atoms with E-state index >= 15 is 0 Å². The molecule has 21 nitrogen and oxygen atoms in total. The van der Waals surface area contributed by atoms with Crippen LogP contribution in [-0.4, -0.2) is 91.3 Å². The Hall–Kier alpha value is -8.55. The van der Waals surface area contributed by atoms with Gasteiger partial charge in [0, 0.05) is 61.6 Å². The van der Waals surface area contributed by atoms with Crippen LogP contribution in [0.1, 0.15) is 29.9 Å². The molecule has 0 saturated heterocycles. The second-order valence-electron chi connectivity index (χ2n) is 12.6. The number of aromatic nitrogens is 14. The molecule has 0 aliphatic rings. The third-order valence-corrected chi connectivity index (χ3v) is 9.30. The molecule has 9 aromatic rings. The van der Waals surface area contributed by atoms with E-state index in [1.807, 2.05) is 6.92 Å². The Morgan fingerprint density at radius 1 is 0.750 bits per heavy atom. The molecule has 0 aliphatic carbocycles. The van der Waals surface area contributed by atoms with Crippen molar-refractivity contribution >= 4 is 21.2 Å². The average molecular weight is 887 g/mol. The minimum absolute atomic E-state index is 0. The number of H-pyrrole nitrogens is 1. The Bertz CT molecular complexity index is 3110. The van der Waals surface area contributed by atoms with Crippen LogP contribution in [0.15, 0.2) is 133 Å². The molecular formula is C42H44N15O6S+. The smallest absolute Gasteiger partial charge is 0.295 e. The molecule has 0 fully saturated rings. The SMILES string of the molecule is C.C#Cc1nccc(OC)n1.COc1ccnc(-c2cnn3ccncc23)n1.Cc1cc(C)c(S(=O)(=O)O)c(C)c1.N[n+]1ccncc1.O=c1ccnc(-c2cnn3ccncc23)[nH]1. The number of hydrogen-bond acceptors (Lipinski definition) is 16. The number of nitrogens with zero attached hydrogens (tertiary/aromatic N) is 13. The van der Waals surface area contributed by atoms with Crippen LogP contribution in [0.2, 0.25) is 0 Å². The largest absolute Gasteiger partial charge is 0.481 e. The van der Waals surface area contributed by atoms with E-state index in [2.05, 4.69) is 61.0 Å². The lowest BCUT2D eigenvalue weighted by molar-refractivity contribution is -0.639. The van der Waals surface area contributed by atoms with Crippen molar-refractivity contribution in [2.75, 3.05) is 20.1 Å². The summed E-state index contributed by atoms with van der Waals surface area (Å²) in [6.07, 6.45) is 29.9. The van der Waals surface area contributed by atoms with Gasteiger partial charge in [-0.2, -0.15) is 28.6 Å². The topological polar surface area (TPSA) is 273 Å². The predicted molar refractivity (Wildman–Crippen MR) is 236 cm³/mol. The molecule has 1 aromatic carbocycles. The Morgan fingerprint density at radius 2 is 1.30 bits per heavy atom. The van der Waals surface area contributed by atoms with Gasteiger partial charge in [0.05, 0.1) is 78.5 Å². The molecule has 8 aromatic heterocycles. The van der Waals surface area contributed by atoms with E-state index in [0.717, 1.165) is 27.7 Å². The van der Waals surface area contributed by atoms with Crippen molar-refractivity contribution in [2.24, 2.45) is 0 Å². The first kappa shape index (κ1) is 48.1. The minimum atomic E-state index is -4.08. The highest BCUT2D eigenvalue weighted by Gasteiger charge is 2.16. The summed E-state index contributed by atoms with van der Waals surface area (Å²) in [7, 11) is -0.977. The van der Waals surface area contributed by atoms with E-state index in [0.29, 0.717) is 40.4 Å². The summed E-state index contributed by atoms with van der Waals surface area (Å²) in [5, 5.41) is 8.35. The van der Waals surface area contributed by atoms with Crippen molar-refractivity contribution in [3.05, 3.63) is 156 Å². The molecule has 0 amide bonds. The summed E-state index contributed by atoms with van der Waals surface area (Å²) in [4.78, 5) is 45.9. The Balaban J connectivity index is 0.000000180. The van der Waals surface area contributed by atoms with Crippen LogP contribution in [-0.2, 0) is 10.1 Å². The first-order valence-electron chi connectivity index (χ1n) is 18.2. The third kappa shape index (κ3) is 13.2. The summed E-state index contributed by atoms with van der Waals surface area (Å²) in [6, 6.07) is 8.17. The summed E-state index contributed by atoms with van der Waals surface area (Å²) >= 11 is 0. The van der Waals surface area contributed by atoms with Gasteiger partial charge in [0.1, 0.15) is 5.82 Å². The van der Waals surface area contributed by atoms with Crippen LogP contribution < -0.4 is 25.6 Å². The van der Waals surface area contributed by atoms with Gasteiger partial charge in [0.25, 0.3) is 15.7 Å². The molecule has 4 N–H and O–H groups in total. The number of hydrogen-bond donors (Lipinski definition) is 3. The molecule has 0 unspecified atom stereocenters. The highest BCUT2D eigenvalue weighted by atomic mass is 32.2. The van der Waals surface area contributed by atoms with Gasteiger partial charge in [-0.25, -0.2) is 29.8 Å². The van der Waals surface area contributed by atoms with E-state index in [1.54, 1.807) is 141 Å². The van der Waals surface area contributed by atoms with Crippen LogP contribution in [0, 0.1) is 33.1 Å². The Kier molecular flexibility index (Phi) is 17.2. The molecule has 0 atom stereocenters. The molecule has 328 valence electrons. The average Bonchev–Trinajstić information content (AvgIpc) is 3.92. The molecule has 0 saturated carbocycles. The number of nitrogens with one attached hydrogen (secondary N) is 1. The number of aryl methyl sites for hydroxylation is 3. The zero-order valence-corrected chi connectivity index (χ0v) is 35.2. The second kappa shape index (κ2) is 22.9. The molecule has 9 rings (SSSR count). The van der Waals surface area contributed by atoms with Crippen LogP contribution in [0.4, 0.5) is 0 Å². The van der Waals surface area contributed by atoms with E-state index in [1.165, 1.54) is 24.0 Å². The van der Waals surface area contributed by atoms with Crippen molar-refractivity contribution in [3.63, 3.8) is 0 Å². The number of ether oxygens (including phenoxy) is 2. The summed E-state index contributed by atoms with van der Waals surface area (Å²) in [5.74, 6) is 9.97. The molecule has 0 aliphatic heterocycles. The quantitative estimate of drug-likeness (QED) is 0.0961. The first-order chi connectivity index (χ1) is 30.3. The van der Waals surface area contributed by atoms with Crippen LogP contribution >= 0.6 is 0 Å². The van der Waals surface area contributed by atoms with Crippen molar-refractivity contribution in [1.29, 1.82) is 0 Å². The van der Waals surface area contributed by atoms with Crippen molar-refractivity contribution in [1.82, 2.24) is 64.1 Å².